The highest BCUT2D eigenvalue weighted by Crippen LogP contribution is 2.67. The van der Waals surface area contributed by atoms with Crippen LogP contribution in [-0.2, 0) is 14.2 Å². The Morgan fingerprint density at radius 2 is 1.53 bits per heavy atom. The van der Waals surface area contributed by atoms with Crippen molar-refractivity contribution in [1.29, 1.82) is 0 Å². The first-order chi connectivity index (χ1) is 27.5. The van der Waals surface area contributed by atoms with Gasteiger partial charge in [-0.25, -0.2) is 4.79 Å². The van der Waals surface area contributed by atoms with Crippen LogP contribution >= 0.6 is 0 Å². The van der Waals surface area contributed by atoms with Gasteiger partial charge in [0.05, 0.1) is 32.0 Å². The summed E-state index contributed by atoms with van der Waals surface area (Å²) in [6.07, 6.45) is 22.2. The van der Waals surface area contributed by atoms with Crippen LogP contribution < -0.4 is 4.74 Å². The Morgan fingerprint density at radius 1 is 0.807 bits per heavy atom. The van der Waals surface area contributed by atoms with Gasteiger partial charge in [-0.05, 0) is 152 Å². The van der Waals surface area contributed by atoms with E-state index in [4.69, 9.17) is 18.9 Å². The van der Waals surface area contributed by atoms with Gasteiger partial charge in [0.15, 0.2) is 0 Å². The minimum absolute atomic E-state index is 0.0305. The van der Waals surface area contributed by atoms with Crippen LogP contribution in [-0.4, -0.2) is 45.1 Å². The van der Waals surface area contributed by atoms with Gasteiger partial charge in [0.25, 0.3) is 0 Å². The summed E-state index contributed by atoms with van der Waals surface area (Å²) in [6, 6.07) is 16.2. The standard InChI is InChI=1S/C52H76O5/c1-7-52(35-55-36-52)34-54-31-10-8-9-11-32-56-43-22-19-40(20-23-43)39-15-17-41(18-16-39)49(53)57-44-27-29-50(5)42(33-44)21-24-45-47-26-25-46(38(4)14-12-13-37(2)3)51(47,6)30-28-48(45)50/h15-23,37-38,44-48H,7-14,24-36H2,1-6H3. The molecule has 0 aromatic heterocycles. The molecule has 8 unspecified atom stereocenters. The molecular weight excluding hydrogens is 705 g/mol. The molecule has 3 saturated carbocycles. The smallest absolute Gasteiger partial charge is 0.338 e. The van der Waals surface area contributed by atoms with Crippen molar-refractivity contribution in [2.24, 2.45) is 51.8 Å². The number of benzene rings is 2. The van der Waals surface area contributed by atoms with Crippen molar-refractivity contribution in [3.63, 3.8) is 0 Å². The van der Waals surface area contributed by atoms with Crippen molar-refractivity contribution >= 4 is 5.97 Å². The Labute approximate surface area is 346 Å². The third-order valence-electron chi connectivity index (χ3n) is 16.3. The van der Waals surface area contributed by atoms with Crippen LogP contribution in [0, 0.1) is 51.8 Å². The molecule has 1 heterocycles. The molecule has 5 nitrogen and oxygen atoms in total. The summed E-state index contributed by atoms with van der Waals surface area (Å²) in [6.45, 7) is 18.9. The molecule has 2 aromatic carbocycles. The average molecular weight is 781 g/mol. The van der Waals surface area contributed by atoms with E-state index in [9.17, 15) is 4.79 Å². The molecule has 8 atom stereocenters. The minimum atomic E-state index is -0.192. The van der Waals surface area contributed by atoms with Gasteiger partial charge in [-0.15, -0.1) is 0 Å². The van der Waals surface area contributed by atoms with E-state index in [1.807, 2.05) is 36.4 Å². The largest absolute Gasteiger partial charge is 0.494 e. The van der Waals surface area contributed by atoms with E-state index < -0.39 is 0 Å². The summed E-state index contributed by atoms with van der Waals surface area (Å²) >= 11 is 0. The third kappa shape index (κ3) is 9.56. The van der Waals surface area contributed by atoms with Gasteiger partial charge in [0.2, 0.25) is 0 Å². The molecule has 0 amide bonds. The quantitative estimate of drug-likeness (QED) is 0.0807. The van der Waals surface area contributed by atoms with Crippen LogP contribution in [0.25, 0.3) is 11.1 Å². The topological polar surface area (TPSA) is 54.0 Å². The molecule has 7 rings (SSSR count). The number of esters is 1. The zero-order valence-corrected chi connectivity index (χ0v) is 36.6. The van der Waals surface area contributed by atoms with Gasteiger partial charge in [-0.3, -0.25) is 0 Å². The fourth-order valence-corrected chi connectivity index (χ4v) is 12.4. The lowest BCUT2D eigenvalue weighted by Crippen LogP contribution is -2.51. The number of carbonyl (C=O) groups excluding carboxylic acids is 1. The van der Waals surface area contributed by atoms with Gasteiger partial charge in [-0.1, -0.05) is 103 Å². The van der Waals surface area contributed by atoms with E-state index >= 15 is 0 Å². The lowest BCUT2D eigenvalue weighted by Gasteiger charge is -2.58. The van der Waals surface area contributed by atoms with Gasteiger partial charge in [0.1, 0.15) is 11.9 Å². The number of hydrogen-bond donors (Lipinski definition) is 0. The van der Waals surface area contributed by atoms with Crippen molar-refractivity contribution in [2.75, 3.05) is 33.0 Å². The second kappa shape index (κ2) is 18.7. The van der Waals surface area contributed by atoms with Crippen LogP contribution in [0.2, 0.25) is 0 Å². The number of fused-ring (bicyclic) bond motifs is 5. The van der Waals surface area contributed by atoms with E-state index in [1.54, 1.807) is 5.57 Å². The summed E-state index contributed by atoms with van der Waals surface area (Å²) in [7, 11) is 0. The molecule has 4 aliphatic carbocycles. The lowest BCUT2D eigenvalue weighted by atomic mass is 9.47. The molecule has 2 aromatic rings. The maximum atomic E-state index is 13.4. The molecule has 0 spiro atoms. The van der Waals surface area contributed by atoms with Gasteiger partial charge >= 0.3 is 5.97 Å². The summed E-state index contributed by atoms with van der Waals surface area (Å²) in [5.41, 5.74) is 5.47. The second-order valence-electron chi connectivity index (χ2n) is 20.3. The van der Waals surface area contributed by atoms with Crippen LogP contribution in [0.3, 0.4) is 0 Å². The number of allylic oxidation sites excluding steroid dienone is 1. The molecule has 0 N–H and O–H groups in total. The van der Waals surface area contributed by atoms with Crippen LogP contribution in [0.5, 0.6) is 5.75 Å². The molecule has 5 aliphatic rings. The van der Waals surface area contributed by atoms with E-state index in [0.717, 1.165) is 130 Å². The van der Waals surface area contributed by atoms with E-state index in [-0.39, 0.29) is 22.9 Å². The van der Waals surface area contributed by atoms with Crippen molar-refractivity contribution < 1.29 is 23.7 Å². The molecule has 5 heteroatoms. The first-order valence-corrected chi connectivity index (χ1v) is 23.4. The van der Waals surface area contributed by atoms with Crippen molar-refractivity contribution in [3.05, 3.63) is 65.7 Å². The number of unbranched alkanes of at least 4 members (excludes halogenated alkanes) is 3. The molecule has 1 saturated heterocycles. The lowest BCUT2D eigenvalue weighted by molar-refractivity contribution is -0.150. The Bertz CT molecular complexity index is 1620. The summed E-state index contributed by atoms with van der Waals surface area (Å²) in [5.74, 6) is 5.74. The first kappa shape index (κ1) is 42.5. The first-order valence-electron chi connectivity index (χ1n) is 23.4. The molecule has 0 radical (unpaired) electrons. The molecule has 1 aliphatic heterocycles. The van der Waals surface area contributed by atoms with E-state index in [0.29, 0.717) is 11.0 Å². The number of carbonyl (C=O) groups is 1. The van der Waals surface area contributed by atoms with Crippen LogP contribution in [0.1, 0.15) is 155 Å². The monoisotopic (exact) mass is 781 g/mol. The Balaban J connectivity index is 0.837. The van der Waals surface area contributed by atoms with Crippen molar-refractivity contribution in [3.8, 4) is 16.9 Å². The highest BCUT2D eigenvalue weighted by molar-refractivity contribution is 5.90. The zero-order chi connectivity index (χ0) is 40.0. The number of rotatable bonds is 19. The second-order valence-corrected chi connectivity index (χ2v) is 20.3. The van der Waals surface area contributed by atoms with Gasteiger partial charge in [-0.2, -0.15) is 0 Å². The Morgan fingerprint density at radius 3 is 2.21 bits per heavy atom. The van der Waals surface area contributed by atoms with E-state index in [1.165, 1.54) is 57.8 Å². The van der Waals surface area contributed by atoms with Crippen molar-refractivity contribution in [2.45, 2.75) is 150 Å². The SMILES string of the molecule is CCC1(COCCCCCCOc2ccc(-c3ccc(C(=O)OC4CCC5(C)C(=CCC6C5CCC5(C)C(C(C)CCCC(C)C)CCC65)C4)cc3)cc2)COC1. The molecule has 0 bridgehead atoms. The third-order valence-corrected chi connectivity index (χ3v) is 16.3. The maximum Gasteiger partial charge on any atom is 0.338 e. The molecule has 4 fully saturated rings. The zero-order valence-electron chi connectivity index (χ0n) is 36.6. The number of hydrogen-bond acceptors (Lipinski definition) is 5. The highest BCUT2D eigenvalue weighted by Gasteiger charge is 2.59. The fraction of sp³-hybridized carbons (Fsp3) is 0.712. The Kier molecular flexibility index (Phi) is 14.0. The van der Waals surface area contributed by atoms with Gasteiger partial charge in [0, 0.05) is 18.4 Å². The number of ether oxygens (including phenoxy) is 4. The minimum Gasteiger partial charge on any atom is -0.494 e. The summed E-state index contributed by atoms with van der Waals surface area (Å²) < 4.78 is 23.6. The summed E-state index contributed by atoms with van der Waals surface area (Å²) in [5, 5.41) is 0. The molecule has 57 heavy (non-hydrogen) atoms. The maximum absolute atomic E-state index is 13.4. The van der Waals surface area contributed by atoms with E-state index in [2.05, 4.69) is 59.8 Å². The van der Waals surface area contributed by atoms with Crippen molar-refractivity contribution in [1.82, 2.24) is 0 Å². The highest BCUT2D eigenvalue weighted by atomic mass is 16.5. The van der Waals surface area contributed by atoms with Crippen LogP contribution in [0.15, 0.2) is 60.2 Å². The molecule has 314 valence electrons. The fourth-order valence-electron chi connectivity index (χ4n) is 12.4. The normalized spacial score (nSPS) is 30.7. The Hall–Kier alpha value is -2.63. The van der Waals surface area contributed by atoms with Gasteiger partial charge < -0.3 is 18.9 Å². The van der Waals surface area contributed by atoms with Crippen LogP contribution in [0.4, 0.5) is 0 Å². The predicted octanol–water partition coefficient (Wildman–Crippen LogP) is 13.3. The predicted molar refractivity (Wildman–Crippen MR) is 232 cm³/mol. The summed E-state index contributed by atoms with van der Waals surface area (Å²) in [4.78, 5) is 13.4. The average Bonchev–Trinajstić information content (AvgIpc) is 3.56. The molecular formula is C52H76O5.